The van der Waals surface area contributed by atoms with E-state index >= 15 is 0 Å². The zero-order valence-corrected chi connectivity index (χ0v) is 10.2. The lowest BCUT2D eigenvalue weighted by molar-refractivity contribution is 1.50. The molecule has 0 bridgehead atoms. The van der Waals surface area contributed by atoms with Crippen molar-refractivity contribution in [1.82, 2.24) is 0 Å². The van der Waals surface area contributed by atoms with E-state index in [0.29, 0.717) is 0 Å². The Morgan fingerprint density at radius 3 is 1.45 bits per heavy atom. The zero-order chi connectivity index (χ0) is 9.70. The lowest BCUT2D eigenvalue weighted by Gasteiger charge is -1.78. The zero-order valence-electron chi connectivity index (χ0n) is 8.61. The minimum Gasteiger partial charge on any atom is -0.0866 e. The van der Waals surface area contributed by atoms with E-state index in [9.17, 15) is 0 Å². The van der Waals surface area contributed by atoms with Crippen molar-refractivity contribution in [2.45, 2.75) is 41.5 Å². The Kier molecular flexibility index (Phi) is 35.1. The first-order valence-electron chi connectivity index (χ1n) is 4.25. The van der Waals surface area contributed by atoms with E-state index in [-0.39, 0.29) is 0 Å². The largest absolute Gasteiger partial charge is 0.0866 e. The molecule has 0 aromatic rings. The second-order valence-corrected chi connectivity index (χ2v) is 2.09. The highest BCUT2D eigenvalue weighted by molar-refractivity contribution is 9.11. The van der Waals surface area contributed by atoms with Gasteiger partial charge in [-0.2, -0.15) is 0 Å². The van der Waals surface area contributed by atoms with E-state index in [0.717, 1.165) is 4.48 Å². The van der Waals surface area contributed by atoms with Gasteiger partial charge in [-0.05, 0) is 13.8 Å². The molecule has 0 spiro atoms. The molecule has 0 aliphatic rings. The number of halogens is 1. The van der Waals surface area contributed by atoms with E-state index in [2.05, 4.69) is 15.9 Å². The van der Waals surface area contributed by atoms with Crippen LogP contribution in [0.25, 0.3) is 0 Å². The van der Waals surface area contributed by atoms with Gasteiger partial charge in [-0.3, -0.25) is 0 Å². The van der Waals surface area contributed by atoms with E-state index in [4.69, 9.17) is 0 Å². The standard InChI is InChI=1S/C6H9Br.2C2H6/c1-3-5-6(7)4-2;2*1-2/h3-5H,1-2H3;2*1-2H3/b5-3-,6-4+;;. The fourth-order valence-corrected chi connectivity index (χ4v) is 0.520. The van der Waals surface area contributed by atoms with Gasteiger partial charge in [0, 0.05) is 4.48 Å². The lowest BCUT2D eigenvalue weighted by Crippen LogP contribution is -1.53. The molecule has 0 heterocycles. The van der Waals surface area contributed by atoms with Crippen molar-refractivity contribution in [3.63, 3.8) is 0 Å². The quantitative estimate of drug-likeness (QED) is 0.551. The monoisotopic (exact) mass is 220 g/mol. The molecule has 11 heavy (non-hydrogen) atoms. The normalized spacial score (nSPS) is 9.55. The molecule has 0 saturated heterocycles. The molecule has 0 atom stereocenters. The van der Waals surface area contributed by atoms with Crippen LogP contribution in [0.2, 0.25) is 0 Å². The summed E-state index contributed by atoms with van der Waals surface area (Å²) < 4.78 is 1.13. The number of rotatable bonds is 1. The third-order valence-electron chi connectivity index (χ3n) is 0.602. The molecule has 0 nitrogen and oxygen atoms in total. The third kappa shape index (κ3) is 25.7. The van der Waals surface area contributed by atoms with Gasteiger partial charge in [0.25, 0.3) is 0 Å². The van der Waals surface area contributed by atoms with Crippen LogP contribution < -0.4 is 0 Å². The minimum atomic E-state index is 1.13. The predicted molar refractivity (Wildman–Crippen MR) is 60.2 cm³/mol. The van der Waals surface area contributed by atoms with Crippen molar-refractivity contribution < 1.29 is 0 Å². The summed E-state index contributed by atoms with van der Waals surface area (Å²) in [6.07, 6.45) is 5.99. The summed E-state index contributed by atoms with van der Waals surface area (Å²) >= 11 is 3.31. The van der Waals surface area contributed by atoms with Crippen molar-refractivity contribution in [3.8, 4) is 0 Å². The van der Waals surface area contributed by atoms with Crippen LogP contribution in [-0.2, 0) is 0 Å². The van der Waals surface area contributed by atoms with E-state index in [1.807, 2.05) is 59.8 Å². The second kappa shape index (κ2) is 22.5. The second-order valence-electron chi connectivity index (χ2n) is 1.17. The van der Waals surface area contributed by atoms with E-state index in [1.165, 1.54) is 0 Å². The van der Waals surface area contributed by atoms with Gasteiger partial charge in [-0.1, -0.05) is 61.9 Å². The lowest BCUT2D eigenvalue weighted by atomic mass is 10.5. The molecule has 0 aromatic heterocycles. The maximum atomic E-state index is 3.31. The summed E-state index contributed by atoms with van der Waals surface area (Å²) in [5.74, 6) is 0. The van der Waals surface area contributed by atoms with Gasteiger partial charge in [0.2, 0.25) is 0 Å². The van der Waals surface area contributed by atoms with Gasteiger partial charge in [-0.25, -0.2) is 0 Å². The molecular weight excluding hydrogens is 200 g/mol. The highest BCUT2D eigenvalue weighted by atomic mass is 79.9. The van der Waals surface area contributed by atoms with Crippen molar-refractivity contribution in [1.29, 1.82) is 0 Å². The minimum absolute atomic E-state index is 1.13. The number of hydrogen-bond acceptors (Lipinski definition) is 0. The van der Waals surface area contributed by atoms with Crippen molar-refractivity contribution in [3.05, 3.63) is 22.7 Å². The van der Waals surface area contributed by atoms with Crippen LogP contribution in [0.3, 0.4) is 0 Å². The molecule has 0 amide bonds. The van der Waals surface area contributed by atoms with E-state index in [1.54, 1.807) is 0 Å². The Labute approximate surface area is 80.5 Å². The maximum absolute atomic E-state index is 3.31. The third-order valence-corrected chi connectivity index (χ3v) is 1.32. The summed E-state index contributed by atoms with van der Waals surface area (Å²) in [4.78, 5) is 0. The summed E-state index contributed by atoms with van der Waals surface area (Å²) in [5.41, 5.74) is 0. The van der Waals surface area contributed by atoms with Crippen LogP contribution in [0, 0.1) is 0 Å². The molecule has 1 heteroatoms. The van der Waals surface area contributed by atoms with Crippen LogP contribution in [-0.4, -0.2) is 0 Å². The van der Waals surface area contributed by atoms with Crippen LogP contribution in [0.5, 0.6) is 0 Å². The first-order chi connectivity index (χ1) is 5.31. The average molecular weight is 221 g/mol. The molecule has 0 aliphatic carbocycles. The Balaban J connectivity index is -0.000000138. The van der Waals surface area contributed by atoms with Gasteiger partial charge < -0.3 is 0 Å². The van der Waals surface area contributed by atoms with Gasteiger partial charge in [0.15, 0.2) is 0 Å². The molecule has 0 aliphatic heterocycles. The van der Waals surface area contributed by atoms with Crippen LogP contribution in [0.4, 0.5) is 0 Å². The first-order valence-corrected chi connectivity index (χ1v) is 5.05. The molecule has 0 saturated carbocycles. The summed E-state index contributed by atoms with van der Waals surface area (Å²) in [6, 6.07) is 0. The van der Waals surface area contributed by atoms with Crippen LogP contribution in [0.15, 0.2) is 22.7 Å². The highest BCUT2D eigenvalue weighted by Gasteiger charge is 1.72. The Morgan fingerprint density at radius 2 is 1.36 bits per heavy atom. The topological polar surface area (TPSA) is 0 Å². The Bertz CT molecular complexity index is 91.0. The predicted octanol–water partition coefficient (Wildman–Crippen LogP) is 4.91. The average Bonchev–Trinajstić information content (AvgIpc) is 2.12. The molecule has 0 rings (SSSR count). The Morgan fingerprint density at radius 1 is 1.00 bits per heavy atom. The molecule has 0 radical (unpaired) electrons. The number of allylic oxidation sites excluding steroid dienone is 4. The fraction of sp³-hybridized carbons (Fsp3) is 0.600. The van der Waals surface area contributed by atoms with Crippen molar-refractivity contribution >= 4 is 15.9 Å². The van der Waals surface area contributed by atoms with E-state index < -0.39 is 0 Å². The highest BCUT2D eigenvalue weighted by Crippen LogP contribution is 2.04. The Hall–Kier alpha value is -0.0400. The van der Waals surface area contributed by atoms with Crippen molar-refractivity contribution in [2.24, 2.45) is 0 Å². The summed E-state index contributed by atoms with van der Waals surface area (Å²) in [6.45, 7) is 12.0. The molecule has 0 unspecified atom stereocenters. The molecule has 0 N–H and O–H groups in total. The van der Waals surface area contributed by atoms with Gasteiger partial charge in [-0.15, -0.1) is 0 Å². The molecule has 68 valence electrons. The molecule has 0 fully saturated rings. The SMILES string of the molecule is C/C=C\C(Br)=C/C.CC.CC. The number of hydrogen-bond donors (Lipinski definition) is 0. The van der Waals surface area contributed by atoms with Gasteiger partial charge in [0.1, 0.15) is 0 Å². The summed E-state index contributed by atoms with van der Waals surface area (Å²) in [5, 5.41) is 0. The van der Waals surface area contributed by atoms with Crippen molar-refractivity contribution in [2.75, 3.05) is 0 Å². The first kappa shape index (κ1) is 17.2. The molecule has 0 aromatic carbocycles. The van der Waals surface area contributed by atoms with Gasteiger partial charge in [0.05, 0.1) is 0 Å². The van der Waals surface area contributed by atoms with Gasteiger partial charge >= 0.3 is 0 Å². The fourth-order valence-electron chi connectivity index (χ4n) is 0.255. The molecular formula is C10H21Br. The van der Waals surface area contributed by atoms with Crippen LogP contribution in [0.1, 0.15) is 41.5 Å². The summed E-state index contributed by atoms with van der Waals surface area (Å²) in [7, 11) is 0. The maximum Gasteiger partial charge on any atom is 0.0129 e. The van der Waals surface area contributed by atoms with Crippen LogP contribution >= 0.6 is 15.9 Å². The smallest absolute Gasteiger partial charge is 0.0129 e.